The maximum Gasteiger partial charge on any atom is 0.256 e. The number of hydrazine groups is 1. The second-order valence-electron chi connectivity index (χ2n) is 9.64. The highest BCUT2D eigenvalue weighted by Crippen LogP contribution is 2.24. The standard InChI is InChI=1S/C27H36N8O2.3ClH/c1-19(2)28-11-12-34(17-26(37)33(4)35-15-22-7-5-6-8-23(22)16-35)25(36)14-29-24-13-21(10-9-20(24)3)27-30-18-31-32-27;;;/h5-10,13,18-19,28-29H,11-12,14-17H2,1-4H3,(H,30,31,32);3*1H. The molecule has 3 aromatic rings. The number of likely N-dealkylation sites (N-methyl/N-ethyl adjacent to an activating group) is 1. The number of nitrogens with zero attached hydrogens (tertiary/aromatic N) is 5. The lowest BCUT2D eigenvalue weighted by atomic mass is 10.1. The number of rotatable bonds is 11. The van der Waals surface area contributed by atoms with Gasteiger partial charge in [0.2, 0.25) is 5.91 Å². The van der Waals surface area contributed by atoms with Gasteiger partial charge in [-0.3, -0.25) is 19.7 Å². The van der Waals surface area contributed by atoms with Gasteiger partial charge >= 0.3 is 0 Å². The SMILES string of the molecule is Cc1ccc(-c2nc[nH]n2)cc1NCC(=O)N(CCNC(C)C)CC(=O)N(C)N1Cc2ccccc2C1.Cl.Cl.Cl. The molecule has 10 nitrogen and oxygen atoms in total. The molecule has 220 valence electrons. The van der Waals surface area contributed by atoms with E-state index in [0.29, 0.717) is 32.0 Å². The molecule has 0 spiro atoms. The van der Waals surface area contributed by atoms with Crippen molar-refractivity contribution in [2.75, 3.05) is 38.5 Å². The van der Waals surface area contributed by atoms with Crippen LogP contribution in [0.15, 0.2) is 48.8 Å². The van der Waals surface area contributed by atoms with Crippen molar-refractivity contribution in [1.29, 1.82) is 0 Å². The minimum Gasteiger partial charge on any atom is -0.376 e. The van der Waals surface area contributed by atoms with E-state index in [1.54, 1.807) is 17.0 Å². The summed E-state index contributed by atoms with van der Waals surface area (Å²) in [5.41, 5.74) is 5.13. The first kappa shape index (κ1) is 35.1. The van der Waals surface area contributed by atoms with Crippen molar-refractivity contribution < 1.29 is 9.59 Å². The van der Waals surface area contributed by atoms with Crippen molar-refractivity contribution in [3.05, 3.63) is 65.5 Å². The Bertz CT molecular complexity index is 1200. The molecule has 40 heavy (non-hydrogen) atoms. The maximum atomic E-state index is 13.3. The van der Waals surface area contributed by atoms with E-state index >= 15 is 0 Å². The number of hydrogen-bond acceptors (Lipinski definition) is 7. The summed E-state index contributed by atoms with van der Waals surface area (Å²) in [6.45, 7) is 8.59. The van der Waals surface area contributed by atoms with Crippen LogP contribution in [0.2, 0.25) is 0 Å². The van der Waals surface area contributed by atoms with Gasteiger partial charge in [-0.15, -0.1) is 37.2 Å². The molecule has 0 unspecified atom stereocenters. The predicted octanol–water partition coefficient (Wildman–Crippen LogP) is 3.67. The highest BCUT2D eigenvalue weighted by Gasteiger charge is 2.27. The zero-order valence-electron chi connectivity index (χ0n) is 23.2. The van der Waals surface area contributed by atoms with Crippen LogP contribution in [0.5, 0.6) is 0 Å². The first-order valence-corrected chi connectivity index (χ1v) is 12.6. The summed E-state index contributed by atoms with van der Waals surface area (Å²) in [7, 11) is 1.78. The molecule has 1 aliphatic heterocycles. The Morgan fingerprint density at radius 2 is 1.73 bits per heavy atom. The molecule has 0 fully saturated rings. The van der Waals surface area contributed by atoms with Gasteiger partial charge in [0.05, 0.1) is 6.54 Å². The van der Waals surface area contributed by atoms with Gasteiger partial charge in [0, 0.05) is 50.5 Å². The van der Waals surface area contributed by atoms with E-state index in [9.17, 15) is 9.59 Å². The number of carbonyl (C=O) groups is 2. The number of benzene rings is 2. The third-order valence-electron chi connectivity index (χ3n) is 6.56. The van der Waals surface area contributed by atoms with Crippen LogP contribution in [-0.2, 0) is 22.7 Å². The second kappa shape index (κ2) is 16.4. The van der Waals surface area contributed by atoms with Gasteiger partial charge in [-0.25, -0.2) is 9.99 Å². The van der Waals surface area contributed by atoms with Crippen molar-refractivity contribution >= 4 is 54.7 Å². The molecule has 13 heteroatoms. The third kappa shape index (κ3) is 9.07. The molecule has 3 N–H and O–H groups in total. The molecular formula is C27H39Cl3N8O2. The molecule has 2 aromatic carbocycles. The normalized spacial score (nSPS) is 12.0. The van der Waals surface area contributed by atoms with E-state index < -0.39 is 0 Å². The smallest absolute Gasteiger partial charge is 0.256 e. The number of H-pyrrole nitrogens is 1. The van der Waals surface area contributed by atoms with Gasteiger partial charge in [-0.05, 0) is 29.7 Å². The van der Waals surface area contributed by atoms with Crippen molar-refractivity contribution in [3.8, 4) is 11.4 Å². The van der Waals surface area contributed by atoms with E-state index in [4.69, 9.17) is 0 Å². The maximum absolute atomic E-state index is 13.3. The summed E-state index contributed by atoms with van der Waals surface area (Å²) >= 11 is 0. The van der Waals surface area contributed by atoms with Gasteiger partial charge < -0.3 is 15.5 Å². The van der Waals surface area contributed by atoms with Gasteiger partial charge in [0.25, 0.3) is 5.91 Å². The van der Waals surface area contributed by atoms with Gasteiger partial charge in [0.1, 0.15) is 12.9 Å². The zero-order valence-corrected chi connectivity index (χ0v) is 25.7. The first-order chi connectivity index (χ1) is 17.8. The van der Waals surface area contributed by atoms with E-state index in [0.717, 1.165) is 16.8 Å². The molecule has 0 bridgehead atoms. The Morgan fingerprint density at radius 3 is 2.33 bits per heavy atom. The molecule has 1 aliphatic rings. The number of amides is 2. The quantitative estimate of drug-likeness (QED) is 0.303. The molecule has 0 atom stereocenters. The minimum absolute atomic E-state index is 0. The van der Waals surface area contributed by atoms with E-state index in [1.165, 1.54) is 17.5 Å². The number of halogens is 3. The summed E-state index contributed by atoms with van der Waals surface area (Å²) in [6, 6.07) is 14.3. The minimum atomic E-state index is -0.139. The molecule has 0 aliphatic carbocycles. The summed E-state index contributed by atoms with van der Waals surface area (Å²) < 4.78 is 0. The van der Waals surface area contributed by atoms with Crippen LogP contribution in [0.1, 0.15) is 30.5 Å². The highest BCUT2D eigenvalue weighted by atomic mass is 35.5. The van der Waals surface area contributed by atoms with Crippen molar-refractivity contribution in [2.45, 2.75) is 39.9 Å². The fourth-order valence-electron chi connectivity index (χ4n) is 4.31. The monoisotopic (exact) mass is 612 g/mol. The van der Waals surface area contributed by atoms with E-state index in [2.05, 4.69) is 51.8 Å². The lowest BCUT2D eigenvalue weighted by Crippen LogP contribution is -2.49. The van der Waals surface area contributed by atoms with Gasteiger partial charge in [-0.1, -0.05) is 50.2 Å². The summed E-state index contributed by atoms with van der Waals surface area (Å²) in [6.07, 6.45) is 1.53. The van der Waals surface area contributed by atoms with Crippen LogP contribution in [0, 0.1) is 6.92 Å². The Morgan fingerprint density at radius 1 is 1.05 bits per heavy atom. The molecule has 2 amide bonds. The Labute approximate surface area is 254 Å². The summed E-state index contributed by atoms with van der Waals surface area (Å²) in [5.74, 6) is 0.335. The largest absolute Gasteiger partial charge is 0.376 e. The lowest BCUT2D eigenvalue weighted by molar-refractivity contribution is -0.151. The van der Waals surface area contributed by atoms with Crippen LogP contribution in [0.25, 0.3) is 11.4 Å². The van der Waals surface area contributed by atoms with Crippen molar-refractivity contribution in [2.24, 2.45) is 0 Å². The van der Waals surface area contributed by atoms with Crippen LogP contribution >= 0.6 is 37.2 Å². The highest BCUT2D eigenvalue weighted by molar-refractivity contribution is 5.87. The predicted molar refractivity (Wildman–Crippen MR) is 165 cm³/mol. The van der Waals surface area contributed by atoms with Crippen molar-refractivity contribution in [3.63, 3.8) is 0 Å². The zero-order chi connectivity index (χ0) is 26.4. The summed E-state index contributed by atoms with van der Waals surface area (Å²) in [5, 5.41) is 17.1. The fraction of sp³-hybridized carbons (Fsp3) is 0.407. The number of fused-ring (bicyclic) bond motifs is 1. The van der Waals surface area contributed by atoms with Crippen LogP contribution < -0.4 is 10.6 Å². The van der Waals surface area contributed by atoms with E-state index in [1.807, 2.05) is 42.3 Å². The topological polar surface area (TPSA) is 109 Å². The molecule has 4 rings (SSSR count). The van der Waals surface area contributed by atoms with Crippen molar-refractivity contribution in [1.82, 2.24) is 35.4 Å². The van der Waals surface area contributed by atoms with Crippen LogP contribution in [-0.4, -0.2) is 81.2 Å². The first-order valence-electron chi connectivity index (χ1n) is 12.6. The Balaban J connectivity index is 0.00000267. The number of aryl methyl sites for hydroxylation is 1. The number of anilines is 1. The van der Waals surface area contributed by atoms with Crippen LogP contribution in [0.4, 0.5) is 5.69 Å². The van der Waals surface area contributed by atoms with Gasteiger partial charge in [0.15, 0.2) is 5.82 Å². The number of hydrogen-bond donors (Lipinski definition) is 3. The molecular weight excluding hydrogens is 575 g/mol. The number of aromatic amines is 1. The van der Waals surface area contributed by atoms with E-state index in [-0.39, 0.29) is 68.2 Å². The average Bonchev–Trinajstić information content (AvgIpc) is 3.57. The fourth-order valence-corrected chi connectivity index (χ4v) is 4.31. The summed E-state index contributed by atoms with van der Waals surface area (Å²) in [4.78, 5) is 32.4. The Hall–Kier alpha value is -2.89. The number of aromatic nitrogens is 3. The molecule has 2 heterocycles. The number of carbonyl (C=O) groups excluding carboxylic acids is 2. The average molecular weight is 614 g/mol. The molecule has 0 radical (unpaired) electrons. The number of nitrogens with one attached hydrogen (secondary N) is 3. The molecule has 0 saturated carbocycles. The second-order valence-corrected chi connectivity index (χ2v) is 9.64. The molecule has 1 aromatic heterocycles. The van der Waals surface area contributed by atoms with Gasteiger partial charge in [-0.2, -0.15) is 5.10 Å². The Kier molecular flexibility index (Phi) is 14.4. The molecule has 0 saturated heterocycles. The third-order valence-corrected chi connectivity index (χ3v) is 6.56. The lowest BCUT2D eigenvalue weighted by Gasteiger charge is -2.31. The van der Waals surface area contributed by atoms with Crippen LogP contribution in [0.3, 0.4) is 0 Å².